The highest BCUT2D eigenvalue weighted by Gasteiger charge is 2.19. The van der Waals surface area contributed by atoms with Gasteiger partial charge in [0.2, 0.25) is 0 Å². The molecule has 0 spiro atoms. The third-order valence-electron chi connectivity index (χ3n) is 2.94. The van der Waals surface area contributed by atoms with Crippen molar-refractivity contribution in [3.05, 3.63) is 57.2 Å². The van der Waals surface area contributed by atoms with Crippen LogP contribution in [0.5, 0.6) is 0 Å². The summed E-state index contributed by atoms with van der Waals surface area (Å²) in [7, 11) is 1.29. The van der Waals surface area contributed by atoms with Gasteiger partial charge in [0.25, 0.3) is 0 Å². The van der Waals surface area contributed by atoms with Crippen LogP contribution in [0.15, 0.2) is 52.3 Å². The van der Waals surface area contributed by atoms with E-state index in [1.54, 1.807) is 25.1 Å². The average molecular weight is 442 g/mol. The van der Waals surface area contributed by atoms with Gasteiger partial charge >= 0.3 is 11.9 Å². The molecule has 0 saturated carbocycles. The Morgan fingerprint density at radius 1 is 1.00 bits per heavy atom. The Bertz CT molecular complexity index is 713. The SMILES string of the molecule is CCOC(=O)c1ccc(Sc2ccc(I)cc2)cc1C(=O)OC. The van der Waals surface area contributed by atoms with Gasteiger partial charge in [-0.25, -0.2) is 9.59 Å². The minimum Gasteiger partial charge on any atom is -0.465 e. The van der Waals surface area contributed by atoms with Crippen LogP contribution >= 0.6 is 34.4 Å². The van der Waals surface area contributed by atoms with Gasteiger partial charge in [-0.1, -0.05) is 11.8 Å². The summed E-state index contributed by atoms with van der Waals surface area (Å²) in [6.07, 6.45) is 0. The maximum absolute atomic E-state index is 12.0. The summed E-state index contributed by atoms with van der Waals surface area (Å²) < 4.78 is 10.9. The van der Waals surface area contributed by atoms with E-state index in [0.717, 1.165) is 13.4 Å². The molecule has 0 bridgehead atoms. The first-order valence-electron chi connectivity index (χ1n) is 6.88. The minimum absolute atomic E-state index is 0.210. The molecule has 2 rings (SSSR count). The van der Waals surface area contributed by atoms with Crippen molar-refractivity contribution in [2.24, 2.45) is 0 Å². The summed E-state index contributed by atoms with van der Waals surface area (Å²) in [5.74, 6) is -1.09. The molecule has 2 aromatic carbocycles. The van der Waals surface area contributed by atoms with Crippen molar-refractivity contribution in [2.45, 2.75) is 16.7 Å². The summed E-state index contributed by atoms with van der Waals surface area (Å²) in [6, 6.07) is 13.1. The Morgan fingerprint density at radius 2 is 1.65 bits per heavy atom. The second-order valence-electron chi connectivity index (χ2n) is 4.48. The minimum atomic E-state index is -0.557. The number of rotatable bonds is 5. The van der Waals surface area contributed by atoms with Gasteiger partial charge in [0.15, 0.2) is 0 Å². The lowest BCUT2D eigenvalue weighted by Crippen LogP contribution is -2.13. The van der Waals surface area contributed by atoms with Crippen LogP contribution in [0.3, 0.4) is 0 Å². The van der Waals surface area contributed by atoms with Crippen LogP contribution in [-0.2, 0) is 9.47 Å². The Kier molecular flexibility index (Phi) is 6.47. The predicted molar refractivity (Wildman–Crippen MR) is 97.0 cm³/mol. The normalized spacial score (nSPS) is 10.2. The molecule has 0 amide bonds. The molecule has 0 saturated heterocycles. The van der Waals surface area contributed by atoms with E-state index in [1.807, 2.05) is 24.3 Å². The Labute approximate surface area is 152 Å². The van der Waals surface area contributed by atoms with Gasteiger partial charge in [0.05, 0.1) is 24.8 Å². The van der Waals surface area contributed by atoms with E-state index in [4.69, 9.17) is 9.47 Å². The molecule has 0 N–H and O–H groups in total. The summed E-state index contributed by atoms with van der Waals surface area (Å²) in [4.78, 5) is 25.8. The van der Waals surface area contributed by atoms with Crippen molar-refractivity contribution < 1.29 is 19.1 Å². The number of benzene rings is 2. The smallest absolute Gasteiger partial charge is 0.338 e. The highest BCUT2D eigenvalue weighted by atomic mass is 127. The number of ether oxygens (including phenoxy) is 2. The maximum Gasteiger partial charge on any atom is 0.338 e. The van der Waals surface area contributed by atoms with Gasteiger partial charge < -0.3 is 9.47 Å². The number of halogens is 1. The molecule has 0 fully saturated rings. The van der Waals surface area contributed by atoms with Crippen LogP contribution in [0.1, 0.15) is 27.6 Å². The van der Waals surface area contributed by atoms with Gasteiger partial charge in [-0.2, -0.15) is 0 Å². The highest BCUT2D eigenvalue weighted by molar-refractivity contribution is 14.1. The van der Waals surface area contributed by atoms with Crippen LogP contribution in [-0.4, -0.2) is 25.7 Å². The number of esters is 2. The number of methoxy groups -OCH3 is 1. The molecule has 6 heteroatoms. The fourth-order valence-corrected chi connectivity index (χ4v) is 3.11. The van der Waals surface area contributed by atoms with E-state index >= 15 is 0 Å². The van der Waals surface area contributed by atoms with Crippen LogP contribution in [0.2, 0.25) is 0 Å². The van der Waals surface area contributed by atoms with Crippen molar-refractivity contribution in [1.82, 2.24) is 0 Å². The Morgan fingerprint density at radius 3 is 2.26 bits per heavy atom. The van der Waals surface area contributed by atoms with E-state index in [9.17, 15) is 9.59 Å². The molecule has 120 valence electrons. The van der Waals surface area contributed by atoms with Crippen LogP contribution < -0.4 is 0 Å². The quantitative estimate of drug-likeness (QED) is 0.508. The summed E-state index contributed by atoms with van der Waals surface area (Å²) >= 11 is 3.75. The molecular formula is C17H15IO4S. The summed E-state index contributed by atoms with van der Waals surface area (Å²) in [6.45, 7) is 1.97. The first kappa shape index (κ1) is 17.8. The zero-order valence-corrected chi connectivity index (χ0v) is 15.6. The highest BCUT2D eigenvalue weighted by Crippen LogP contribution is 2.30. The second-order valence-corrected chi connectivity index (χ2v) is 6.87. The zero-order chi connectivity index (χ0) is 16.8. The molecule has 0 aliphatic heterocycles. The Balaban J connectivity index is 2.33. The molecule has 23 heavy (non-hydrogen) atoms. The van der Waals surface area contributed by atoms with Crippen molar-refractivity contribution in [1.29, 1.82) is 0 Å². The molecule has 0 radical (unpaired) electrons. The average Bonchev–Trinajstić information content (AvgIpc) is 2.56. The zero-order valence-electron chi connectivity index (χ0n) is 12.7. The van der Waals surface area contributed by atoms with Crippen molar-refractivity contribution in [3.8, 4) is 0 Å². The fraction of sp³-hybridized carbons (Fsp3) is 0.176. The number of carbonyl (C=O) groups is 2. The number of hydrogen-bond acceptors (Lipinski definition) is 5. The lowest BCUT2D eigenvalue weighted by Gasteiger charge is -2.09. The number of carbonyl (C=O) groups excluding carboxylic acids is 2. The van der Waals surface area contributed by atoms with Gasteiger partial charge in [-0.15, -0.1) is 0 Å². The van der Waals surface area contributed by atoms with Gasteiger partial charge in [0, 0.05) is 13.4 Å². The summed E-state index contributed by atoms with van der Waals surface area (Å²) in [5.41, 5.74) is 0.423. The van der Waals surface area contributed by atoms with Crippen molar-refractivity contribution in [2.75, 3.05) is 13.7 Å². The Hall–Kier alpha value is -1.54. The van der Waals surface area contributed by atoms with Crippen molar-refractivity contribution in [3.63, 3.8) is 0 Å². The lowest BCUT2D eigenvalue weighted by molar-refractivity contribution is 0.0504. The van der Waals surface area contributed by atoms with Gasteiger partial charge in [-0.05, 0) is 72.0 Å². The van der Waals surface area contributed by atoms with E-state index in [1.165, 1.54) is 18.9 Å². The van der Waals surface area contributed by atoms with Crippen LogP contribution in [0, 0.1) is 3.57 Å². The topological polar surface area (TPSA) is 52.6 Å². The molecule has 2 aromatic rings. The van der Waals surface area contributed by atoms with Crippen molar-refractivity contribution >= 4 is 46.3 Å². The molecule has 4 nitrogen and oxygen atoms in total. The molecule has 0 aromatic heterocycles. The predicted octanol–water partition coefficient (Wildman–Crippen LogP) is 4.41. The molecule has 0 atom stereocenters. The lowest BCUT2D eigenvalue weighted by atomic mass is 10.1. The first-order valence-corrected chi connectivity index (χ1v) is 8.77. The van der Waals surface area contributed by atoms with Gasteiger partial charge in [0.1, 0.15) is 0 Å². The monoisotopic (exact) mass is 442 g/mol. The number of hydrogen-bond donors (Lipinski definition) is 0. The van der Waals surface area contributed by atoms with Crippen LogP contribution in [0.25, 0.3) is 0 Å². The largest absolute Gasteiger partial charge is 0.465 e. The third kappa shape index (κ3) is 4.71. The molecule has 0 aliphatic carbocycles. The molecule has 0 unspecified atom stereocenters. The molecular weight excluding hydrogens is 427 g/mol. The van der Waals surface area contributed by atoms with Gasteiger partial charge in [-0.3, -0.25) is 0 Å². The first-order chi connectivity index (χ1) is 11.0. The molecule has 0 heterocycles. The fourth-order valence-electron chi connectivity index (χ4n) is 1.89. The summed E-state index contributed by atoms with van der Waals surface area (Å²) in [5, 5.41) is 0. The van der Waals surface area contributed by atoms with Crippen LogP contribution in [0.4, 0.5) is 0 Å². The van der Waals surface area contributed by atoms with E-state index in [-0.39, 0.29) is 17.7 Å². The molecule has 0 aliphatic rings. The second kappa shape index (κ2) is 8.35. The van der Waals surface area contributed by atoms with E-state index < -0.39 is 11.9 Å². The van der Waals surface area contributed by atoms with E-state index in [2.05, 4.69) is 22.6 Å². The third-order valence-corrected chi connectivity index (χ3v) is 4.66. The van der Waals surface area contributed by atoms with E-state index in [0.29, 0.717) is 0 Å². The maximum atomic E-state index is 12.0. The standard InChI is InChI=1S/C17H15IO4S/c1-3-22-17(20)14-9-8-13(10-15(14)16(19)21-2)23-12-6-4-11(18)5-7-12/h4-10H,3H2,1-2H3.